The molecule has 21 heavy (non-hydrogen) atoms. The summed E-state index contributed by atoms with van der Waals surface area (Å²) in [7, 11) is 0. The van der Waals surface area contributed by atoms with Gasteiger partial charge in [0.15, 0.2) is 0 Å². The van der Waals surface area contributed by atoms with Gasteiger partial charge in [-0.2, -0.15) is 0 Å². The number of nitrogens with one attached hydrogen (secondary N) is 1. The van der Waals surface area contributed by atoms with Crippen LogP contribution < -0.4 is 5.32 Å². The third-order valence-corrected chi connectivity index (χ3v) is 3.72. The molecule has 104 valence electrons. The molecule has 5 heteroatoms. The third-order valence-electron chi connectivity index (χ3n) is 3.06. The number of aromatic nitrogens is 1. The number of halogens is 2. The van der Waals surface area contributed by atoms with Gasteiger partial charge in [0, 0.05) is 22.3 Å². The number of nitrogens with zero attached hydrogens (tertiary/aromatic N) is 1. The Kier molecular flexibility index (Phi) is 3.78. The van der Waals surface area contributed by atoms with E-state index < -0.39 is 0 Å². The topological polar surface area (TPSA) is 42.0 Å². The van der Waals surface area contributed by atoms with Crippen molar-refractivity contribution in [1.82, 2.24) is 4.98 Å². The second kappa shape index (κ2) is 5.72. The average Bonchev–Trinajstić information content (AvgIpc) is 2.50. The van der Waals surface area contributed by atoms with E-state index >= 15 is 0 Å². The number of benzene rings is 2. The van der Waals surface area contributed by atoms with Gasteiger partial charge in [0.05, 0.1) is 16.1 Å². The van der Waals surface area contributed by atoms with Gasteiger partial charge in [0.25, 0.3) is 5.91 Å². The normalized spacial score (nSPS) is 10.6. The standard InChI is InChI=1S/C16H10Cl2N2O/c17-10-5-7-11(8-6-10)20-16(21)13-9-19-14-4-2-1-3-12(14)15(13)18/h1-9H,(H,20,21). The van der Waals surface area contributed by atoms with Gasteiger partial charge in [0.2, 0.25) is 0 Å². The van der Waals surface area contributed by atoms with E-state index in [1.165, 1.54) is 6.20 Å². The van der Waals surface area contributed by atoms with E-state index in [0.29, 0.717) is 21.3 Å². The van der Waals surface area contributed by atoms with Crippen molar-refractivity contribution in [2.45, 2.75) is 0 Å². The van der Waals surface area contributed by atoms with Crippen LogP contribution in [0.4, 0.5) is 5.69 Å². The second-order valence-electron chi connectivity index (χ2n) is 4.46. The Hall–Kier alpha value is -2.10. The number of rotatable bonds is 2. The summed E-state index contributed by atoms with van der Waals surface area (Å²) in [6.07, 6.45) is 1.48. The Morgan fingerprint density at radius 3 is 2.48 bits per heavy atom. The first kappa shape index (κ1) is 13.9. The lowest BCUT2D eigenvalue weighted by atomic mass is 10.1. The zero-order valence-corrected chi connectivity index (χ0v) is 12.3. The van der Waals surface area contributed by atoms with Crippen LogP contribution in [0.15, 0.2) is 54.7 Å². The van der Waals surface area contributed by atoms with E-state index in [2.05, 4.69) is 10.3 Å². The molecule has 1 aromatic heterocycles. The van der Waals surface area contributed by atoms with E-state index in [9.17, 15) is 4.79 Å². The molecule has 1 N–H and O–H groups in total. The second-order valence-corrected chi connectivity index (χ2v) is 5.28. The van der Waals surface area contributed by atoms with Crippen molar-refractivity contribution in [3.8, 4) is 0 Å². The van der Waals surface area contributed by atoms with E-state index in [4.69, 9.17) is 23.2 Å². The van der Waals surface area contributed by atoms with Crippen LogP contribution in [0.5, 0.6) is 0 Å². The number of carbonyl (C=O) groups excluding carboxylic acids is 1. The number of hydrogen-bond acceptors (Lipinski definition) is 2. The van der Waals surface area contributed by atoms with Crippen LogP contribution in [0, 0.1) is 0 Å². The predicted octanol–water partition coefficient (Wildman–Crippen LogP) is 4.79. The zero-order valence-electron chi connectivity index (χ0n) is 10.8. The molecule has 3 rings (SSSR count). The Bertz CT molecular complexity index is 816. The van der Waals surface area contributed by atoms with Gasteiger partial charge in [0.1, 0.15) is 0 Å². The van der Waals surface area contributed by atoms with Crippen molar-refractivity contribution in [3.63, 3.8) is 0 Å². The Morgan fingerprint density at radius 2 is 1.71 bits per heavy atom. The number of para-hydroxylation sites is 1. The van der Waals surface area contributed by atoms with E-state index in [1.807, 2.05) is 24.3 Å². The molecule has 1 amide bonds. The predicted molar refractivity (Wildman–Crippen MR) is 86.2 cm³/mol. The molecule has 2 aromatic carbocycles. The molecule has 0 atom stereocenters. The lowest BCUT2D eigenvalue weighted by Crippen LogP contribution is -2.13. The number of amides is 1. The average molecular weight is 317 g/mol. The minimum atomic E-state index is -0.305. The molecule has 1 heterocycles. The number of fused-ring (bicyclic) bond motifs is 1. The van der Waals surface area contributed by atoms with Crippen LogP contribution in [0.1, 0.15) is 10.4 Å². The summed E-state index contributed by atoms with van der Waals surface area (Å²) < 4.78 is 0. The highest BCUT2D eigenvalue weighted by atomic mass is 35.5. The maximum atomic E-state index is 12.3. The number of hydrogen-bond donors (Lipinski definition) is 1. The highest BCUT2D eigenvalue weighted by molar-refractivity contribution is 6.38. The lowest BCUT2D eigenvalue weighted by Gasteiger charge is -2.08. The van der Waals surface area contributed by atoms with Crippen LogP contribution >= 0.6 is 23.2 Å². The molecule has 0 unspecified atom stereocenters. The molecule has 0 radical (unpaired) electrons. The summed E-state index contributed by atoms with van der Waals surface area (Å²) >= 11 is 12.1. The van der Waals surface area contributed by atoms with Gasteiger partial charge < -0.3 is 5.32 Å². The van der Waals surface area contributed by atoms with Crippen molar-refractivity contribution < 1.29 is 4.79 Å². The highest BCUT2D eigenvalue weighted by Gasteiger charge is 2.14. The van der Waals surface area contributed by atoms with Crippen LogP contribution in [-0.2, 0) is 0 Å². The van der Waals surface area contributed by atoms with Crippen molar-refractivity contribution in [3.05, 3.63) is 70.3 Å². The van der Waals surface area contributed by atoms with E-state index in [1.54, 1.807) is 24.3 Å². The van der Waals surface area contributed by atoms with E-state index in [-0.39, 0.29) is 5.91 Å². The maximum Gasteiger partial charge on any atom is 0.258 e. The molecule has 0 spiro atoms. The van der Waals surface area contributed by atoms with Gasteiger partial charge in [-0.15, -0.1) is 0 Å². The summed E-state index contributed by atoms with van der Waals surface area (Å²) in [5.41, 5.74) is 1.74. The fourth-order valence-corrected chi connectivity index (χ4v) is 2.42. The van der Waals surface area contributed by atoms with Crippen LogP contribution in [0.3, 0.4) is 0 Å². The third kappa shape index (κ3) is 2.84. The van der Waals surface area contributed by atoms with Crippen molar-refractivity contribution in [1.29, 1.82) is 0 Å². The molecule has 0 bridgehead atoms. The molecule has 0 saturated carbocycles. The maximum absolute atomic E-state index is 12.3. The Morgan fingerprint density at radius 1 is 1.00 bits per heavy atom. The zero-order chi connectivity index (χ0) is 14.8. The highest BCUT2D eigenvalue weighted by Crippen LogP contribution is 2.26. The van der Waals surface area contributed by atoms with Gasteiger partial charge in [-0.05, 0) is 30.3 Å². The van der Waals surface area contributed by atoms with Gasteiger partial charge in [-0.25, -0.2) is 0 Å². The molecule has 0 aliphatic heterocycles. The molecule has 0 saturated heterocycles. The molecule has 0 aliphatic carbocycles. The largest absolute Gasteiger partial charge is 0.322 e. The molecule has 0 aliphatic rings. The fraction of sp³-hybridized carbons (Fsp3) is 0. The summed E-state index contributed by atoms with van der Waals surface area (Å²) in [6.45, 7) is 0. The quantitative estimate of drug-likeness (QED) is 0.738. The van der Waals surface area contributed by atoms with Crippen LogP contribution in [0.25, 0.3) is 10.9 Å². The molecular weight excluding hydrogens is 307 g/mol. The van der Waals surface area contributed by atoms with Gasteiger partial charge >= 0.3 is 0 Å². The lowest BCUT2D eigenvalue weighted by molar-refractivity contribution is 0.102. The van der Waals surface area contributed by atoms with Gasteiger partial charge in [-0.1, -0.05) is 41.4 Å². The van der Waals surface area contributed by atoms with Crippen molar-refractivity contribution in [2.24, 2.45) is 0 Å². The minimum Gasteiger partial charge on any atom is -0.322 e. The smallest absolute Gasteiger partial charge is 0.258 e. The minimum absolute atomic E-state index is 0.305. The molecule has 0 fully saturated rings. The molecular formula is C16H10Cl2N2O. The first-order valence-electron chi connectivity index (χ1n) is 6.25. The summed E-state index contributed by atoms with van der Waals surface area (Å²) in [6, 6.07) is 14.3. The molecule has 3 aromatic rings. The summed E-state index contributed by atoms with van der Waals surface area (Å²) in [4.78, 5) is 16.5. The first-order chi connectivity index (χ1) is 10.1. The summed E-state index contributed by atoms with van der Waals surface area (Å²) in [5, 5.41) is 4.53. The molecule has 3 nitrogen and oxygen atoms in total. The fourth-order valence-electron chi connectivity index (χ4n) is 2.00. The SMILES string of the molecule is O=C(Nc1ccc(Cl)cc1)c1cnc2ccccc2c1Cl. The van der Waals surface area contributed by atoms with Crippen molar-refractivity contribution >= 4 is 45.7 Å². The van der Waals surface area contributed by atoms with Crippen molar-refractivity contribution in [2.75, 3.05) is 5.32 Å². The number of anilines is 1. The number of carbonyl (C=O) groups is 1. The number of pyridine rings is 1. The van der Waals surface area contributed by atoms with Gasteiger partial charge in [-0.3, -0.25) is 9.78 Å². The Balaban J connectivity index is 1.94. The van der Waals surface area contributed by atoms with E-state index in [0.717, 1.165) is 10.9 Å². The summed E-state index contributed by atoms with van der Waals surface area (Å²) in [5.74, 6) is -0.305. The monoisotopic (exact) mass is 316 g/mol. The van der Waals surface area contributed by atoms with Crippen LogP contribution in [-0.4, -0.2) is 10.9 Å². The Labute approximate surface area is 131 Å². The van der Waals surface area contributed by atoms with Crippen LogP contribution in [0.2, 0.25) is 10.0 Å². The first-order valence-corrected chi connectivity index (χ1v) is 7.01.